The summed E-state index contributed by atoms with van der Waals surface area (Å²) in [5, 5.41) is 6.57. The Morgan fingerprint density at radius 3 is 2.59 bits per heavy atom. The zero-order valence-electron chi connectivity index (χ0n) is 14.1. The number of likely N-dealkylation sites (N-methyl/N-ethyl adjacent to an activating group) is 1. The number of guanidine groups is 1. The normalized spacial score (nSPS) is 11.0. The number of rotatable bonds is 8. The van der Waals surface area contributed by atoms with Gasteiger partial charge in [0.2, 0.25) is 0 Å². The van der Waals surface area contributed by atoms with Gasteiger partial charge >= 0.3 is 0 Å². The third-order valence-corrected chi connectivity index (χ3v) is 2.98. The van der Waals surface area contributed by atoms with Crippen LogP contribution in [0.5, 0.6) is 5.75 Å². The largest absolute Gasteiger partial charge is 0.492 e. The van der Waals surface area contributed by atoms with E-state index >= 15 is 0 Å². The second-order valence-corrected chi connectivity index (χ2v) is 5.11. The summed E-state index contributed by atoms with van der Waals surface area (Å²) < 4.78 is 5.85. The number of benzene rings is 1. The number of hydrogen-bond donors (Lipinski definition) is 2. The molecule has 0 unspecified atom stereocenters. The first-order chi connectivity index (χ1) is 10.2. The molecule has 22 heavy (non-hydrogen) atoms. The highest BCUT2D eigenvalue weighted by atomic mass is 127. The number of para-hydroxylation sites is 1. The number of nitrogens with one attached hydrogen (secondary N) is 2. The van der Waals surface area contributed by atoms with Crippen LogP contribution in [0.3, 0.4) is 0 Å². The van der Waals surface area contributed by atoms with Crippen molar-refractivity contribution < 1.29 is 4.74 Å². The van der Waals surface area contributed by atoms with E-state index in [1.807, 2.05) is 32.3 Å². The van der Waals surface area contributed by atoms with Crippen molar-refractivity contribution in [3.05, 3.63) is 29.8 Å². The van der Waals surface area contributed by atoms with Crippen LogP contribution in [-0.4, -0.2) is 51.7 Å². The second kappa shape index (κ2) is 12.5. The Balaban J connectivity index is 0.00000441. The maximum absolute atomic E-state index is 5.85. The minimum Gasteiger partial charge on any atom is -0.492 e. The third-order valence-electron chi connectivity index (χ3n) is 2.98. The Morgan fingerprint density at radius 1 is 1.23 bits per heavy atom. The molecule has 5 nitrogen and oxygen atoms in total. The highest BCUT2D eigenvalue weighted by molar-refractivity contribution is 14.0. The van der Waals surface area contributed by atoms with E-state index in [-0.39, 0.29) is 24.0 Å². The monoisotopic (exact) mass is 420 g/mol. The molecule has 0 fully saturated rings. The Labute approximate surface area is 151 Å². The molecule has 0 aliphatic heterocycles. The molecule has 0 bridgehead atoms. The highest BCUT2D eigenvalue weighted by Crippen LogP contribution is 2.17. The Morgan fingerprint density at radius 2 is 1.95 bits per heavy atom. The minimum atomic E-state index is 0. The first-order valence-electron chi connectivity index (χ1n) is 7.47. The summed E-state index contributed by atoms with van der Waals surface area (Å²) in [6, 6.07) is 8.11. The van der Waals surface area contributed by atoms with E-state index < -0.39 is 0 Å². The number of ether oxygens (including phenoxy) is 1. The van der Waals surface area contributed by atoms with Crippen molar-refractivity contribution in [2.45, 2.75) is 19.9 Å². The van der Waals surface area contributed by atoms with Gasteiger partial charge in [-0.15, -0.1) is 24.0 Å². The van der Waals surface area contributed by atoms with Crippen LogP contribution in [0.4, 0.5) is 0 Å². The van der Waals surface area contributed by atoms with Gasteiger partial charge in [0.25, 0.3) is 0 Å². The smallest absolute Gasteiger partial charge is 0.191 e. The molecule has 0 radical (unpaired) electrons. The van der Waals surface area contributed by atoms with Crippen LogP contribution in [0, 0.1) is 0 Å². The van der Waals surface area contributed by atoms with E-state index in [2.05, 4.69) is 33.5 Å². The van der Waals surface area contributed by atoms with Crippen molar-refractivity contribution in [2.24, 2.45) is 4.99 Å². The molecule has 2 N–H and O–H groups in total. The lowest BCUT2D eigenvalue weighted by molar-refractivity contribution is 0.259. The number of aliphatic imine (C=N–C) groups is 1. The predicted molar refractivity (Wildman–Crippen MR) is 104 cm³/mol. The van der Waals surface area contributed by atoms with Crippen LogP contribution in [0.2, 0.25) is 0 Å². The van der Waals surface area contributed by atoms with Crippen molar-refractivity contribution in [3.8, 4) is 5.75 Å². The summed E-state index contributed by atoms with van der Waals surface area (Å²) >= 11 is 0. The van der Waals surface area contributed by atoms with Gasteiger partial charge in [-0.3, -0.25) is 4.99 Å². The third kappa shape index (κ3) is 8.43. The quantitative estimate of drug-likeness (QED) is 0.385. The molecule has 0 saturated carbocycles. The van der Waals surface area contributed by atoms with E-state index in [0.717, 1.165) is 36.8 Å². The van der Waals surface area contributed by atoms with E-state index in [1.54, 1.807) is 7.05 Å². The maximum atomic E-state index is 5.85. The molecule has 1 aromatic carbocycles. The molecular weight excluding hydrogens is 391 g/mol. The fourth-order valence-corrected chi connectivity index (χ4v) is 1.77. The van der Waals surface area contributed by atoms with Crippen molar-refractivity contribution in [1.29, 1.82) is 0 Å². The summed E-state index contributed by atoms with van der Waals surface area (Å²) in [6.45, 7) is 5.34. The van der Waals surface area contributed by atoms with Gasteiger partial charge in [-0.05, 0) is 26.6 Å². The Bertz CT molecular complexity index is 438. The second-order valence-electron chi connectivity index (χ2n) is 5.11. The molecule has 0 spiro atoms. The molecule has 0 aromatic heterocycles. The van der Waals surface area contributed by atoms with Crippen molar-refractivity contribution in [3.63, 3.8) is 0 Å². The van der Waals surface area contributed by atoms with Crippen LogP contribution in [0.25, 0.3) is 0 Å². The standard InChI is InChI=1S/C16H28N4O.HI/c1-5-10-18-16(17-2)19-13-14-8-6-7-9-15(14)21-12-11-20(3)4;/h6-9H,5,10-13H2,1-4H3,(H2,17,18,19);1H. The molecular formula is C16H29IN4O. The van der Waals surface area contributed by atoms with Gasteiger partial charge in [0, 0.05) is 32.2 Å². The zero-order chi connectivity index (χ0) is 15.5. The van der Waals surface area contributed by atoms with E-state index in [0.29, 0.717) is 13.2 Å². The fourth-order valence-electron chi connectivity index (χ4n) is 1.77. The number of nitrogens with zero attached hydrogens (tertiary/aromatic N) is 2. The van der Waals surface area contributed by atoms with Gasteiger partial charge in [0.1, 0.15) is 12.4 Å². The van der Waals surface area contributed by atoms with E-state index in [1.165, 1.54) is 0 Å². The molecule has 1 rings (SSSR count). The first kappa shape index (κ1) is 21.0. The van der Waals surface area contributed by atoms with Gasteiger partial charge in [-0.1, -0.05) is 25.1 Å². The Kier molecular flexibility index (Phi) is 11.9. The number of halogens is 1. The Hall–Kier alpha value is -1.02. The molecule has 0 atom stereocenters. The maximum Gasteiger partial charge on any atom is 0.191 e. The van der Waals surface area contributed by atoms with E-state index in [4.69, 9.17) is 4.74 Å². The van der Waals surface area contributed by atoms with Crippen molar-refractivity contribution in [2.75, 3.05) is 40.8 Å². The average molecular weight is 420 g/mol. The van der Waals surface area contributed by atoms with Gasteiger partial charge in [-0.25, -0.2) is 0 Å². The van der Waals surface area contributed by atoms with Crippen LogP contribution in [0.1, 0.15) is 18.9 Å². The van der Waals surface area contributed by atoms with Gasteiger partial charge in [-0.2, -0.15) is 0 Å². The van der Waals surface area contributed by atoms with Crippen molar-refractivity contribution >= 4 is 29.9 Å². The summed E-state index contributed by atoms with van der Waals surface area (Å²) in [4.78, 5) is 6.31. The lowest BCUT2D eigenvalue weighted by Gasteiger charge is -2.15. The minimum absolute atomic E-state index is 0. The molecule has 0 aliphatic carbocycles. The molecule has 0 saturated heterocycles. The van der Waals surface area contributed by atoms with Gasteiger partial charge < -0.3 is 20.3 Å². The summed E-state index contributed by atoms with van der Waals surface area (Å²) in [5.74, 6) is 1.75. The van der Waals surface area contributed by atoms with E-state index in [9.17, 15) is 0 Å². The van der Waals surface area contributed by atoms with Crippen LogP contribution >= 0.6 is 24.0 Å². The van der Waals surface area contributed by atoms with Crippen LogP contribution in [0.15, 0.2) is 29.3 Å². The molecule has 0 heterocycles. The van der Waals surface area contributed by atoms with Crippen LogP contribution < -0.4 is 15.4 Å². The summed E-state index contributed by atoms with van der Waals surface area (Å²) in [5.41, 5.74) is 1.13. The molecule has 6 heteroatoms. The average Bonchev–Trinajstić information content (AvgIpc) is 2.48. The zero-order valence-corrected chi connectivity index (χ0v) is 16.4. The van der Waals surface area contributed by atoms with Gasteiger partial charge in [0.05, 0.1) is 0 Å². The fraction of sp³-hybridized carbons (Fsp3) is 0.562. The molecule has 126 valence electrons. The predicted octanol–water partition coefficient (Wildman–Crippen LogP) is 2.32. The highest BCUT2D eigenvalue weighted by Gasteiger charge is 2.04. The van der Waals surface area contributed by atoms with Crippen LogP contribution in [-0.2, 0) is 6.54 Å². The molecule has 1 aromatic rings. The molecule has 0 amide bonds. The summed E-state index contributed by atoms with van der Waals surface area (Å²) in [7, 11) is 5.87. The van der Waals surface area contributed by atoms with Gasteiger partial charge in [0.15, 0.2) is 5.96 Å². The number of hydrogen-bond acceptors (Lipinski definition) is 3. The lowest BCUT2D eigenvalue weighted by Crippen LogP contribution is -2.37. The van der Waals surface area contributed by atoms with Crippen molar-refractivity contribution in [1.82, 2.24) is 15.5 Å². The SMILES string of the molecule is CCCNC(=NC)NCc1ccccc1OCCN(C)C.I. The lowest BCUT2D eigenvalue weighted by atomic mass is 10.2. The summed E-state index contributed by atoms with van der Waals surface area (Å²) in [6.07, 6.45) is 1.07. The molecule has 0 aliphatic rings. The topological polar surface area (TPSA) is 48.9 Å². The first-order valence-corrected chi connectivity index (χ1v) is 7.47.